The zero-order valence-electron chi connectivity index (χ0n) is 10.0. The summed E-state index contributed by atoms with van der Waals surface area (Å²) in [6.45, 7) is -0.232. The maximum absolute atomic E-state index is 8.95. The molecule has 19 heavy (non-hydrogen) atoms. The summed E-state index contributed by atoms with van der Waals surface area (Å²) in [6, 6.07) is 10.9. The third kappa shape index (κ3) is 2.18. The molecule has 3 aromatic rings. The Labute approximate surface area is 108 Å². The number of aliphatic hydroxyl groups excluding tert-OH is 1. The lowest BCUT2D eigenvalue weighted by Gasteiger charge is -1.99. The van der Waals surface area contributed by atoms with Gasteiger partial charge in [0.05, 0.1) is 18.2 Å². The highest BCUT2D eigenvalue weighted by atomic mass is 16.5. The van der Waals surface area contributed by atoms with Crippen LogP contribution in [0.3, 0.4) is 0 Å². The quantitative estimate of drug-likeness (QED) is 0.732. The minimum atomic E-state index is -0.641. The van der Waals surface area contributed by atoms with E-state index in [2.05, 4.69) is 15.1 Å². The molecule has 3 rings (SSSR count). The smallest absolute Gasteiger partial charge is 0.276 e. The van der Waals surface area contributed by atoms with Gasteiger partial charge in [-0.25, -0.2) is 4.98 Å². The fourth-order valence-corrected chi connectivity index (χ4v) is 1.76. The van der Waals surface area contributed by atoms with Crippen LogP contribution in [0.25, 0.3) is 22.5 Å². The second-order valence-electron chi connectivity index (χ2n) is 4.14. The molecule has 6 nitrogen and oxygen atoms in total. The standard InChI is InChI=1S/C13H12N4O2/c14-9(7-18)12-16-13(19-17-12)11-6-5-8-3-1-2-4-10(8)15-11/h1-6,9,18H,7,14H2. The summed E-state index contributed by atoms with van der Waals surface area (Å²) in [5.41, 5.74) is 7.06. The molecule has 0 fully saturated rings. The van der Waals surface area contributed by atoms with E-state index in [1.54, 1.807) is 0 Å². The summed E-state index contributed by atoms with van der Waals surface area (Å²) in [5, 5.41) is 13.7. The van der Waals surface area contributed by atoms with Crippen molar-refractivity contribution in [2.24, 2.45) is 5.73 Å². The number of hydrogen-bond donors (Lipinski definition) is 2. The highest BCUT2D eigenvalue weighted by Crippen LogP contribution is 2.20. The number of nitrogens with two attached hydrogens (primary N) is 1. The average Bonchev–Trinajstić information content (AvgIpc) is 2.95. The molecule has 0 aliphatic carbocycles. The Morgan fingerprint density at radius 2 is 2.00 bits per heavy atom. The van der Waals surface area contributed by atoms with Gasteiger partial charge in [-0.1, -0.05) is 29.4 Å². The predicted octanol–water partition coefficient (Wildman–Crippen LogP) is 1.28. The molecule has 1 aromatic carbocycles. The Morgan fingerprint density at radius 1 is 1.16 bits per heavy atom. The van der Waals surface area contributed by atoms with Crippen molar-refractivity contribution >= 4 is 10.9 Å². The third-order valence-corrected chi connectivity index (χ3v) is 2.79. The molecule has 2 heterocycles. The fraction of sp³-hybridized carbons (Fsp3) is 0.154. The summed E-state index contributed by atoms with van der Waals surface area (Å²) in [4.78, 5) is 8.58. The second-order valence-corrected chi connectivity index (χ2v) is 4.14. The largest absolute Gasteiger partial charge is 0.394 e. The number of para-hydroxylation sites is 1. The van der Waals surface area contributed by atoms with E-state index >= 15 is 0 Å². The molecule has 1 unspecified atom stereocenters. The van der Waals surface area contributed by atoms with Crippen LogP contribution in [0, 0.1) is 0 Å². The molecular formula is C13H12N4O2. The highest BCUT2D eigenvalue weighted by Gasteiger charge is 2.15. The van der Waals surface area contributed by atoms with E-state index < -0.39 is 6.04 Å². The maximum Gasteiger partial charge on any atom is 0.276 e. The van der Waals surface area contributed by atoms with Gasteiger partial charge in [0.2, 0.25) is 0 Å². The van der Waals surface area contributed by atoms with E-state index in [0.717, 1.165) is 10.9 Å². The lowest BCUT2D eigenvalue weighted by molar-refractivity contribution is 0.260. The van der Waals surface area contributed by atoms with Gasteiger partial charge in [-0.3, -0.25) is 0 Å². The van der Waals surface area contributed by atoms with Crippen molar-refractivity contribution in [2.75, 3.05) is 6.61 Å². The fourth-order valence-electron chi connectivity index (χ4n) is 1.76. The summed E-state index contributed by atoms with van der Waals surface area (Å²) in [7, 11) is 0. The van der Waals surface area contributed by atoms with E-state index in [4.69, 9.17) is 15.4 Å². The molecule has 0 aliphatic rings. The number of fused-ring (bicyclic) bond motifs is 1. The SMILES string of the molecule is NC(CO)c1noc(-c2ccc3ccccc3n2)n1. The van der Waals surface area contributed by atoms with Crippen LogP contribution >= 0.6 is 0 Å². The first-order valence-corrected chi connectivity index (χ1v) is 5.84. The molecule has 0 saturated heterocycles. The van der Waals surface area contributed by atoms with E-state index in [1.165, 1.54) is 0 Å². The first-order valence-electron chi connectivity index (χ1n) is 5.84. The van der Waals surface area contributed by atoms with E-state index in [1.807, 2.05) is 36.4 Å². The molecule has 1 atom stereocenters. The molecule has 0 aliphatic heterocycles. The van der Waals surface area contributed by atoms with E-state index in [-0.39, 0.29) is 12.4 Å². The Bertz CT molecular complexity index is 710. The molecule has 0 bridgehead atoms. The Hall–Kier alpha value is -2.31. The molecule has 0 saturated carbocycles. The van der Waals surface area contributed by atoms with Crippen molar-refractivity contribution in [1.82, 2.24) is 15.1 Å². The summed E-state index contributed by atoms with van der Waals surface area (Å²) in [5.74, 6) is 0.567. The number of benzene rings is 1. The lowest BCUT2D eigenvalue weighted by atomic mass is 10.2. The van der Waals surface area contributed by atoms with Crippen LogP contribution in [0.1, 0.15) is 11.9 Å². The Kier molecular flexibility index (Phi) is 2.94. The monoisotopic (exact) mass is 256 g/mol. The van der Waals surface area contributed by atoms with E-state index in [9.17, 15) is 0 Å². The van der Waals surface area contributed by atoms with Gasteiger partial charge in [0, 0.05) is 5.39 Å². The van der Waals surface area contributed by atoms with Gasteiger partial charge in [-0.15, -0.1) is 0 Å². The van der Waals surface area contributed by atoms with Crippen LogP contribution in [0.5, 0.6) is 0 Å². The molecular weight excluding hydrogens is 244 g/mol. The molecule has 2 aromatic heterocycles. The van der Waals surface area contributed by atoms with Gasteiger partial charge in [0.15, 0.2) is 5.82 Å². The summed E-state index contributed by atoms with van der Waals surface area (Å²) < 4.78 is 5.11. The first kappa shape index (κ1) is 11.8. The van der Waals surface area contributed by atoms with Crippen molar-refractivity contribution in [3.05, 3.63) is 42.2 Å². The predicted molar refractivity (Wildman–Crippen MR) is 69.0 cm³/mol. The van der Waals surface area contributed by atoms with Crippen LogP contribution in [0.4, 0.5) is 0 Å². The van der Waals surface area contributed by atoms with Crippen LogP contribution in [0.15, 0.2) is 40.9 Å². The summed E-state index contributed by atoms with van der Waals surface area (Å²) >= 11 is 0. The minimum Gasteiger partial charge on any atom is -0.394 e. The number of aromatic nitrogens is 3. The van der Waals surface area contributed by atoms with Gasteiger partial charge >= 0.3 is 0 Å². The van der Waals surface area contributed by atoms with Crippen LogP contribution in [-0.2, 0) is 0 Å². The van der Waals surface area contributed by atoms with Crippen molar-refractivity contribution in [2.45, 2.75) is 6.04 Å². The molecule has 3 N–H and O–H groups in total. The van der Waals surface area contributed by atoms with Gasteiger partial charge in [0.25, 0.3) is 5.89 Å². The molecule has 0 amide bonds. The maximum atomic E-state index is 8.95. The molecule has 0 spiro atoms. The molecule has 0 radical (unpaired) electrons. The number of rotatable bonds is 3. The summed E-state index contributed by atoms with van der Waals surface area (Å²) in [6.07, 6.45) is 0. The second kappa shape index (κ2) is 4.75. The Balaban J connectivity index is 2.01. The number of nitrogens with zero attached hydrogens (tertiary/aromatic N) is 3. The number of aliphatic hydroxyl groups is 1. The zero-order chi connectivity index (χ0) is 13.2. The normalized spacial score (nSPS) is 12.7. The third-order valence-electron chi connectivity index (χ3n) is 2.79. The van der Waals surface area contributed by atoms with Crippen LogP contribution in [-0.4, -0.2) is 26.8 Å². The highest BCUT2D eigenvalue weighted by molar-refractivity contribution is 5.80. The number of pyridine rings is 1. The topological polar surface area (TPSA) is 98.1 Å². The van der Waals surface area contributed by atoms with Gasteiger partial charge in [-0.05, 0) is 12.1 Å². The lowest BCUT2D eigenvalue weighted by Crippen LogP contribution is -2.15. The van der Waals surface area contributed by atoms with Crippen molar-refractivity contribution < 1.29 is 9.63 Å². The molecule has 96 valence electrons. The zero-order valence-corrected chi connectivity index (χ0v) is 10.0. The number of hydrogen-bond acceptors (Lipinski definition) is 6. The van der Waals surface area contributed by atoms with Gasteiger partial charge in [0.1, 0.15) is 5.69 Å². The Morgan fingerprint density at radius 3 is 2.84 bits per heavy atom. The van der Waals surface area contributed by atoms with Crippen LogP contribution < -0.4 is 5.73 Å². The first-order chi connectivity index (χ1) is 9.28. The average molecular weight is 256 g/mol. The molecule has 6 heteroatoms. The van der Waals surface area contributed by atoms with Crippen LogP contribution in [0.2, 0.25) is 0 Å². The van der Waals surface area contributed by atoms with Gasteiger partial charge in [-0.2, -0.15) is 4.98 Å². The minimum absolute atomic E-state index is 0.232. The van der Waals surface area contributed by atoms with Crippen molar-refractivity contribution in [3.63, 3.8) is 0 Å². The van der Waals surface area contributed by atoms with Crippen molar-refractivity contribution in [3.8, 4) is 11.6 Å². The van der Waals surface area contributed by atoms with E-state index in [0.29, 0.717) is 11.6 Å². The van der Waals surface area contributed by atoms with Crippen molar-refractivity contribution in [1.29, 1.82) is 0 Å². The van der Waals surface area contributed by atoms with Gasteiger partial charge < -0.3 is 15.4 Å².